The molecule has 1 aliphatic rings. The Morgan fingerprint density at radius 3 is 2.64 bits per heavy atom. The number of hydrogen-bond donors (Lipinski definition) is 1. The Kier molecular flexibility index (Phi) is 6.65. The second kappa shape index (κ2) is 7.55. The van der Waals surface area contributed by atoms with Crippen LogP contribution in [0.4, 0.5) is 0 Å². The lowest BCUT2D eigenvalue weighted by Crippen LogP contribution is -2.31. The molecule has 0 amide bonds. The summed E-state index contributed by atoms with van der Waals surface area (Å²) in [6.07, 6.45) is 5.41. The monoisotopic (exact) mass is 216 g/mol. The average molecular weight is 216 g/mol. The maximum atomic E-state index is 5.52. The minimum absolute atomic E-state index is 0.741. The molecule has 1 rings (SSSR count). The van der Waals surface area contributed by atoms with Gasteiger partial charge in [-0.2, -0.15) is 11.8 Å². The predicted octanol–water partition coefficient (Wildman–Crippen LogP) is 1.94. The first-order valence-electron chi connectivity index (χ1n) is 5.87. The Labute approximate surface area is 92.6 Å². The number of hydrogen-bond acceptors (Lipinski definition) is 3. The minimum Gasteiger partial charge on any atom is -0.330 e. The van der Waals surface area contributed by atoms with E-state index in [2.05, 4.69) is 23.6 Å². The van der Waals surface area contributed by atoms with Crippen LogP contribution in [0.5, 0.6) is 0 Å². The Bertz CT molecular complexity index is 135. The van der Waals surface area contributed by atoms with Gasteiger partial charge in [0.05, 0.1) is 0 Å². The summed E-state index contributed by atoms with van der Waals surface area (Å²) in [5, 5.41) is 0.741. The molecule has 14 heavy (non-hydrogen) atoms. The SMILES string of the molecule is CC(CCN)SCCN1CCCCC1. The summed E-state index contributed by atoms with van der Waals surface area (Å²) < 4.78 is 0. The van der Waals surface area contributed by atoms with E-state index in [1.807, 2.05) is 0 Å². The summed E-state index contributed by atoms with van der Waals surface area (Å²) in [6, 6.07) is 0. The first kappa shape index (κ1) is 12.3. The van der Waals surface area contributed by atoms with Crippen molar-refractivity contribution in [3.05, 3.63) is 0 Å². The highest BCUT2D eigenvalue weighted by atomic mass is 32.2. The van der Waals surface area contributed by atoms with Crippen molar-refractivity contribution in [1.82, 2.24) is 4.90 Å². The topological polar surface area (TPSA) is 29.3 Å². The van der Waals surface area contributed by atoms with E-state index in [-0.39, 0.29) is 0 Å². The van der Waals surface area contributed by atoms with Crippen molar-refractivity contribution >= 4 is 11.8 Å². The highest BCUT2D eigenvalue weighted by Crippen LogP contribution is 2.15. The van der Waals surface area contributed by atoms with Gasteiger partial charge in [0.1, 0.15) is 0 Å². The molecule has 1 unspecified atom stereocenters. The number of likely N-dealkylation sites (tertiary alicyclic amines) is 1. The highest BCUT2D eigenvalue weighted by molar-refractivity contribution is 7.99. The Morgan fingerprint density at radius 1 is 1.29 bits per heavy atom. The Balaban J connectivity index is 1.96. The molecule has 1 heterocycles. The molecule has 0 aromatic carbocycles. The fourth-order valence-corrected chi connectivity index (χ4v) is 2.95. The number of piperidine rings is 1. The molecule has 3 heteroatoms. The van der Waals surface area contributed by atoms with Crippen LogP contribution in [0, 0.1) is 0 Å². The molecule has 0 bridgehead atoms. The van der Waals surface area contributed by atoms with Gasteiger partial charge >= 0.3 is 0 Å². The standard InChI is InChI=1S/C11H24N2S/c1-11(5-6-12)14-10-9-13-7-3-2-4-8-13/h11H,2-10,12H2,1H3. The Morgan fingerprint density at radius 2 is 2.00 bits per heavy atom. The molecule has 1 aliphatic heterocycles. The van der Waals surface area contributed by atoms with Crippen LogP contribution in [0.2, 0.25) is 0 Å². The average Bonchev–Trinajstić information content (AvgIpc) is 2.20. The molecule has 0 aliphatic carbocycles. The van der Waals surface area contributed by atoms with Gasteiger partial charge in [0.25, 0.3) is 0 Å². The van der Waals surface area contributed by atoms with Crippen molar-refractivity contribution in [2.24, 2.45) is 5.73 Å². The van der Waals surface area contributed by atoms with Crippen molar-refractivity contribution in [2.75, 3.05) is 31.9 Å². The second-order valence-electron chi connectivity index (χ2n) is 4.16. The van der Waals surface area contributed by atoms with E-state index >= 15 is 0 Å². The molecule has 2 N–H and O–H groups in total. The molecular formula is C11H24N2S. The van der Waals surface area contributed by atoms with Crippen LogP contribution in [0.15, 0.2) is 0 Å². The van der Waals surface area contributed by atoms with Gasteiger partial charge in [0.15, 0.2) is 0 Å². The van der Waals surface area contributed by atoms with Crippen LogP contribution in [0.25, 0.3) is 0 Å². The third kappa shape index (κ3) is 5.23. The third-order valence-corrected chi connectivity index (χ3v) is 4.05. The van der Waals surface area contributed by atoms with Gasteiger partial charge < -0.3 is 10.6 Å². The van der Waals surface area contributed by atoms with Gasteiger partial charge in [-0.15, -0.1) is 0 Å². The van der Waals surface area contributed by atoms with Gasteiger partial charge in [-0.1, -0.05) is 13.3 Å². The van der Waals surface area contributed by atoms with Crippen LogP contribution >= 0.6 is 11.8 Å². The highest BCUT2D eigenvalue weighted by Gasteiger charge is 2.09. The largest absolute Gasteiger partial charge is 0.330 e. The van der Waals surface area contributed by atoms with Crippen molar-refractivity contribution in [1.29, 1.82) is 0 Å². The zero-order valence-corrected chi connectivity index (χ0v) is 10.2. The van der Waals surface area contributed by atoms with Crippen LogP contribution in [-0.4, -0.2) is 42.1 Å². The minimum atomic E-state index is 0.741. The fourth-order valence-electron chi connectivity index (χ4n) is 1.88. The molecule has 0 radical (unpaired) electrons. The van der Waals surface area contributed by atoms with Crippen LogP contribution < -0.4 is 5.73 Å². The van der Waals surface area contributed by atoms with Crippen molar-refractivity contribution in [3.8, 4) is 0 Å². The van der Waals surface area contributed by atoms with E-state index in [0.717, 1.165) is 18.2 Å². The number of thioether (sulfide) groups is 1. The summed E-state index contributed by atoms with van der Waals surface area (Å²) in [5.41, 5.74) is 5.52. The van der Waals surface area contributed by atoms with Gasteiger partial charge in [-0.25, -0.2) is 0 Å². The normalized spacial score (nSPS) is 21.0. The van der Waals surface area contributed by atoms with Gasteiger partial charge in [-0.3, -0.25) is 0 Å². The molecule has 0 aromatic heterocycles. The summed E-state index contributed by atoms with van der Waals surface area (Å²) in [5.74, 6) is 1.28. The number of rotatable bonds is 6. The van der Waals surface area contributed by atoms with Gasteiger partial charge in [0.2, 0.25) is 0 Å². The Hall–Kier alpha value is 0.270. The van der Waals surface area contributed by atoms with Crippen molar-refractivity contribution in [3.63, 3.8) is 0 Å². The maximum Gasteiger partial charge on any atom is 0.00724 e. The zero-order chi connectivity index (χ0) is 10.2. The van der Waals surface area contributed by atoms with E-state index in [9.17, 15) is 0 Å². The third-order valence-electron chi connectivity index (χ3n) is 2.83. The zero-order valence-electron chi connectivity index (χ0n) is 9.37. The lowest BCUT2D eigenvalue weighted by atomic mass is 10.1. The molecule has 2 nitrogen and oxygen atoms in total. The fraction of sp³-hybridized carbons (Fsp3) is 1.00. The molecule has 0 spiro atoms. The van der Waals surface area contributed by atoms with Crippen molar-refractivity contribution in [2.45, 2.75) is 37.9 Å². The first-order chi connectivity index (χ1) is 6.83. The predicted molar refractivity (Wildman–Crippen MR) is 65.9 cm³/mol. The van der Waals surface area contributed by atoms with Crippen LogP contribution in [0.3, 0.4) is 0 Å². The summed E-state index contributed by atoms with van der Waals surface area (Å²) >= 11 is 2.07. The molecule has 0 aromatic rings. The van der Waals surface area contributed by atoms with Crippen LogP contribution in [-0.2, 0) is 0 Å². The van der Waals surface area contributed by atoms with Gasteiger partial charge in [0, 0.05) is 17.5 Å². The van der Waals surface area contributed by atoms with E-state index in [1.54, 1.807) is 0 Å². The molecular weight excluding hydrogens is 192 g/mol. The van der Waals surface area contributed by atoms with Crippen molar-refractivity contribution < 1.29 is 0 Å². The van der Waals surface area contributed by atoms with E-state index < -0.39 is 0 Å². The summed E-state index contributed by atoms with van der Waals surface area (Å²) in [7, 11) is 0. The number of nitrogens with two attached hydrogens (primary N) is 1. The van der Waals surface area contributed by atoms with E-state index in [0.29, 0.717) is 0 Å². The number of nitrogens with zero attached hydrogens (tertiary/aromatic N) is 1. The van der Waals surface area contributed by atoms with Gasteiger partial charge in [-0.05, 0) is 38.9 Å². The maximum absolute atomic E-state index is 5.52. The molecule has 84 valence electrons. The lowest BCUT2D eigenvalue weighted by molar-refractivity contribution is 0.242. The van der Waals surface area contributed by atoms with E-state index in [1.165, 1.54) is 44.6 Å². The molecule has 1 saturated heterocycles. The molecule has 1 atom stereocenters. The second-order valence-corrected chi connectivity index (χ2v) is 5.71. The molecule has 0 saturated carbocycles. The van der Waals surface area contributed by atoms with Crippen LogP contribution in [0.1, 0.15) is 32.6 Å². The first-order valence-corrected chi connectivity index (χ1v) is 6.92. The summed E-state index contributed by atoms with van der Waals surface area (Å²) in [4.78, 5) is 2.60. The quantitative estimate of drug-likeness (QED) is 0.736. The van der Waals surface area contributed by atoms with E-state index in [4.69, 9.17) is 5.73 Å². The summed E-state index contributed by atoms with van der Waals surface area (Å²) in [6.45, 7) is 7.04. The lowest BCUT2D eigenvalue weighted by Gasteiger charge is -2.26. The smallest absolute Gasteiger partial charge is 0.00724 e. The molecule has 1 fully saturated rings.